The maximum Gasteiger partial charge on any atom is 0.231 e. The van der Waals surface area contributed by atoms with Crippen LogP contribution in [-0.4, -0.2) is 34.0 Å². The topological polar surface area (TPSA) is 78.6 Å². The second-order valence-electron chi connectivity index (χ2n) is 4.96. The molecule has 0 saturated carbocycles. The molecule has 3 aromatic rings. The van der Waals surface area contributed by atoms with Crippen molar-refractivity contribution in [3.05, 3.63) is 42.6 Å². The molecule has 0 aliphatic carbocycles. The summed E-state index contributed by atoms with van der Waals surface area (Å²) in [6, 6.07) is 10.7. The van der Waals surface area contributed by atoms with Crippen molar-refractivity contribution in [3.63, 3.8) is 0 Å². The molecule has 1 aliphatic heterocycles. The average Bonchev–Trinajstić information content (AvgIpc) is 3.23. The highest BCUT2D eigenvalue weighted by Crippen LogP contribution is 2.35. The molecule has 1 N–H and O–H groups in total. The minimum Gasteiger partial charge on any atom is -0.504 e. The summed E-state index contributed by atoms with van der Waals surface area (Å²) in [5.74, 6) is 1.85. The number of phenolic OH excluding ortho intramolecular Hbond substituents is 1. The Morgan fingerprint density at radius 1 is 1.13 bits per heavy atom. The number of aromatic hydroxyl groups is 1. The number of benzene rings is 2. The van der Waals surface area contributed by atoms with E-state index >= 15 is 0 Å². The molecule has 0 unspecified atom stereocenters. The van der Waals surface area contributed by atoms with Crippen LogP contribution in [0, 0.1) is 0 Å². The Balaban J connectivity index is 1.78. The van der Waals surface area contributed by atoms with Crippen molar-refractivity contribution in [3.8, 4) is 39.9 Å². The first-order chi connectivity index (χ1) is 11.3. The Morgan fingerprint density at radius 3 is 2.83 bits per heavy atom. The third kappa shape index (κ3) is 2.22. The van der Waals surface area contributed by atoms with E-state index in [1.165, 1.54) is 7.11 Å². The molecular weight excluding hydrogens is 298 g/mol. The Kier molecular flexibility index (Phi) is 3.04. The monoisotopic (exact) mass is 311 g/mol. The molecule has 0 bridgehead atoms. The van der Waals surface area contributed by atoms with E-state index < -0.39 is 0 Å². The Bertz CT molecular complexity index is 876. The van der Waals surface area contributed by atoms with Gasteiger partial charge in [-0.3, -0.25) is 0 Å². The number of ether oxygens (including phenoxy) is 3. The molecule has 0 amide bonds. The lowest BCUT2D eigenvalue weighted by atomic mass is 10.1. The van der Waals surface area contributed by atoms with Crippen LogP contribution in [0.15, 0.2) is 42.6 Å². The van der Waals surface area contributed by atoms with Gasteiger partial charge in [-0.2, -0.15) is 0 Å². The molecule has 2 heterocycles. The van der Waals surface area contributed by atoms with Gasteiger partial charge in [-0.25, -0.2) is 4.68 Å². The fourth-order valence-electron chi connectivity index (χ4n) is 2.49. The molecule has 0 radical (unpaired) electrons. The van der Waals surface area contributed by atoms with E-state index in [1.807, 2.05) is 24.3 Å². The van der Waals surface area contributed by atoms with Gasteiger partial charge in [0, 0.05) is 11.6 Å². The number of methoxy groups -OCH3 is 1. The maximum absolute atomic E-state index is 9.97. The maximum atomic E-state index is 9.97. The van der Waals surface area contributed by atoms with Crippen LogP contribution >= 0.6 is 0 Å². The molecule has 1 aromatic heterocycles. The zero-order valence-electron chi connectivity index (χ0n) is 12.3. The minimum atomic E-state index is 0.0587. The predicted molar refractivity (Wildman–Crippen MR) is 81.1 cm³/mol. The lowest BCUT2D eigenvalue weighted by molar-refractivity contribution is 0.174. The van der Waals surface area contributed by atoms with Crippen LogP contribution in [0.2, 0.25) is 0 Å². The van der Waals surface area contributed by atoms with Crippen molar-refractivity contribution < 1.29 is 19.3 Å². The van der Waals surface area contributed by atoms with E-state index in [1.54, 1.807) is 23.0 Å². The number of nitrogens with zero attached hydrogens (tertiary/aromatic N) is 3. The summed E-state index contributed by atoms with van der Waals surface area (Å²) in [6.45, 7) is 0.218. The number of hydrogen-bond acceptors (Lipinski definition) is 6. The molecular formula is C16H13N3O4. The quantitative estimate of drug-likeness (QED) is 0.800. The molecule has 7 nitrogen and oxygen atoms in total. The third-order valence-corrected chi connectivity index (χ3v) is 3.62. The average molecular weight is 311 g/mol. The van der Waals surface area contributed by atoms with Crippen LogP contribution in [0.3, 0.4) is 0 Å². The summed E-state index contributed by atoms with van der Waals surface area (Å²) in [4.78, 5) is 0. The number of phenols is 1. The summed E-state index contributed by atoms with van der Waals surface area (Å²) < 4.78 is 17.4. The fraction of sp³-hybridized carbons (Fsp3) is 0.125. The summed E-state index contributed by atoms with van der Waals surface area (Å²) in [5, 5.41) is 18.1. The molecule has 23 heavy (non-hydrogen) atoms. The van der Waals surface area contributed by atoms with E-state index in [-0.39, 0.29) is 12.5 Å². The largest absolute Gasteiger partial charge is 0.504 e. The van der Waals surface area contributed by atoms with Gasteiger partial charge in [-0.1, -0.05) is 5.21 Å². The summed E-state index contributed by atoms with van der Waals surface area (Å²) in [6.07, 6.45) is 1.63. The van der Waals surface area contributed by atoms with Crippen molar-refractivity contribution in [2.75, 3.05) is 13.9 Å². The molecule has 4 rings (SSSR count). The third-order valence-electron chi connectivity index (χ3n) is 3.62. The molecule has 0 saturated heterocycles. The van der Waals surface area contributed by atoms with E-state index in [4.69, 9.17) is 14.2 Å². The van der Waals surface area contributed by atoms with Crippen molar-refractivity contribution in [1.29, 1.82) is 0 Å². The van der Waals surface area contributed by atoms with Crippen molar-refractivity contribution in [2.24, 2.45) is 0 Å². The van der Waals surface area contributed by atoms with Crippen LogP contribution in [0.25, 0.3) is 16.9 Å². The highest BCUT2D eigenvalue weighted by Gasteiger charge is 2.16. The number of aromatic nitrogens is 3. The van der Waals surface area contributed by atoms with Gasteiger partial charge in [0.15, 0.2) is 23.0 Å². The van der Waals surface area contributed by atoms with Crippen LogP contribution in [-0.2, 0) is 0 Å². The van der Waals surface area contributed by atoms with Crippen LogP contribution in [0.5, 0.6) is 23.0 Å². The summed E-state index contributed by atoms with van der Waals surface area (Å²) in [7, 11) is 1.51. The van der Waals surface area contributed by atoms with E-state index in [2.05, 4.69) is 10.3 Å². The minimum absolute atomic E-state index is 0.0587. The van der Waals surface area contributed by atoms with Gasteiger partial charge < -0.3 is 19.3 Å². The summed E-state index contributed by atoms with van der Waals surface area (Å²) >= 11 is 0. The smallest absolute Gasteiger partial charge is 0.231 e. The van der Waals surface area contributed by atoms with Gasteiger partial charge in [-0.15, -0.1) is 5.10 Å². The molecule has 0 spiro atoms. The number of fused-ring (bicyclic) bond motifs is 1. The lowest BCUT2D eigenvalue weighted by Crippen LogP contribution is -1.99. The Labute approximate surface area is 131 Å². The first-order valence-electron chi connectivity index (χ1n) is 6.94. The number of rotatable bonds is 3. The molecule has 116 valence electrons. The SMILES string of the molecule is COc1ccc(-c2cnnn2-c2ccc3c(c2)OCO3)cc1O. The van der Waals surface area contributed by atoms with Crippen molar-refractivity contribution in [2.45, 2.75) is 0 Å². The lowest BCUT2D eigenvalue weighted by Gasteiger charge is -2.09. The van der Waals surface area contributed by atoms with Gasteiger partial charge in [0.25, 0.3) is 0 Å². The highest BCUT2D eigenvalue weighted by molar-refractivity contribution is 5.65. The molecule has 7 heteroatoms. The van der Waals surface area contributed by atoms with Gasteiger partial charge in [-0.05, 0) is 30.3 Å². The molecule has 1 aliphatic rings. The molecule has 2 aromatic carbocycles. The van der Waals surface area contributed by atoms with Gasteiger partial charge in [0.1, 0.15) is 0 Å². The highest BCUT2D eigenvalue weighted by atomic mass is 16.7. The van der Waals surface area contributed by atoms with Crippen LogP contribution in [0.4, 0.5) is 0 Å². The number of hydrogen-bond donors (Lipinski definition) is 1. The van der Waals surface area contributed by atoms with E-state index in [0.717, 1.165) is 16.9 Å². The van der Waals surface area contributed by atoms with Gasteiger partial charge in [0.2, 0.25) is 6.79 Å². The Morgan fingerprint density at radius 2 is 2.00 bits per heavy atom. The zero-order chi connectivity index (χ0) is 15.8. The first kappa shape index (κ1) is 13.4. The van der Waals surface area contributed by atoms with Gasteiger partial charge >= 0.3 is 0 Å². The predicted octanol–water partition coefficient (Wildman–Crippen LogP) is 2.38. The first-order valence-corrected chi connectivity index (χ1v) is 6.94. The second kappa shape index (κ2) is 5.20. The van der Waals surface area contributed by atoms with Crippen molar-refractivity contribution in [1.82, 2.24) is 15.0 Å². The van der Waals surface area contributed by atoms with Gasteiger partial charge in [0.05, 0.1) is 24.7 Å². The molecule has 0 fully saturated rings. The van der Waals surface area contributed by atoms with Crippen molar-refractivity contribution >= 4 is 0 Å². The fourth-order valence-corrected chi connectivity index (χ4v) is 2.49. The Hall–Kier alpha value is -3.22. The summed E-state index contributed by atoms with van der Waals surface area (Å²) in [5.41, 5.74) is 2.30. The second-order valence-corrected chi connectivity index (χ2v) is 4.96. The van der Waals surface area contributed by atoms with E-state index in [9.17, 15) is 5.11 Å². The standard InChI is InChI=1S/C16H13N3O4/c1-21-14-4-2-10(6-13(14)20)12-8-17-18-19(12)11-3-5-15-16(7-11)23-9-22-15/h2-8,20H,9H2,1H3. The normalized spacial score (nSPS) is 12.4. The zero-order valence-corrected chi connectivity index (χ0v) is 12.3. The molecule has 0 atom stereocenters. The van der Waals surface area contributed by atoms with Crippen LogP contribution < -0.4 is 14.2 Å². The van der Waals surface area contributed by atoms with Crippen LogP contribution in [0.1, 0.15) is 0 Å². The van der Waals surface area contributed by atoms with E-state index in [0.29, 0.717) is 17.2 Å².